The summed E-state index contributed by atoms with van der Waals surface area (Å²) in [5, 5.41) is 2.95. The Hall–Kier alpha value is -2.19. The van der Waals surface area contributed by atoms with E-state index >= 15 is 0 Å². The van der Waals surface area contributed by atoms with Crippen LogP contribution in [0.25, 0.3) is 6.08 Å². The number of unbranched alkanes of at least 4 members (excludes halogenated alkanes) is 2. The number of methoxy groups -OCH3 is 1. The van der Waals surface area contributed by atoms with Crippen LogP contribution in [0.5, 0.6) is 0 Å². The molecule has 1 aliphatic rings. The van der Waals surface area contributed by atoms with Crippen molar-refractivity contribution < 1.29 is 19.1 Å². The topological polar surface area (TPSA) is 75.7 Å². The van der Waals surface area contributed by atoms with Gasteiger partial charge in [0.2, 0.25) is 5.91 Å². The highest BCUT2D eigenvalue weighted by Crippen LogP contribution is 2.32. The lowest BCUT2D eigenvalue weighted by Gasteiger charge is -2.20. The molecule has 8 heteroatoms. The molecule has 162 valence electrons. The Labute approximate surface area is 187 Å². The number of benzene rings is 1. The van der Waals surface area contributed by atoms with E-state index in [2.05, 4.69) is 10.1 Å². The maximum Gasteiger partial charge on any atom is 0.337 e. The summed E-state index contributed by atoms with van der Waals surface area (Å²) < 4.78 is 5.23. The number of hydrogen-bond donors (Lipinski definition) is 1. The zero-order chi connectivity index (χ0) is 22.3. The van der Waals surface area contributed by atoms with Crippen LogP contribution in [0.15, 0.2) is 29.2 Å². The lowest BCUT2D eigenvalue weighted by molar-refractivity contribution is -0.123. The zero-order valence-electron chi connectivity index (χ0n) is 17.8. The van der Waals surface area contributed by atoms with Crippen molar-refractivity contribution in [1.82, 2.24) is 10.2 Å². The minimum absolute atomic E-state index is 0.0502. The Bertz CT molecular complexity index is 842. The third-order valence-corrected chi connectivity index (χ3v) is 5.68. The van der Waals surface area contributed by atoms with Crippen molar-refractivity contribution in [3.63, 3.8) is 0 Å². The van der Waals surface area contributed by atoms with Gasteiger partial charge in [-0.3, -0.25) is 14.5 Å². The number of carbonyl (C=O) groups is 3. The molecule has 1 saturated heterocycles. The van der Waals surface area contributed by atoms with Crippen LogP contribution in [-0.2, 0) is 14.3 Å². The van der Waals surface area contributed by atoms with Crippen LogP contribution in [0, 0.1) is 0 Å². The largest absolute Gasteiger partial charge is 0.465 e. The molecule has 1 fully saturated rings. The number of thioether (sulfide) groups is 1. The highest BCUT2D eigenvalue weighted by atomic mass is 32.2. The van der Waals surface area contributed by atoms with Gasteiger partial charge in [-0.1, -0.05) is 42.5 Å². The number of rotatable bonds is 8. The van der Waals surface area contributed by atoms with Gasteiger partial charge in [0, 0.05) is 18.5 Å². The van der Waals surface area contributed by atoms with Gasteiger partial charge in [0.1, 0.15) is 4.32 Å². The average molecular weight is 449 g/mol. The molecule has 0 aromatic heterocycles. The van der Waals surface area contributed by atoms with E-state index in [1.54, 1.807) is 35.2 Å². The van der Waals surface area contributed by atoms with Gasteiger partial charge >= 0.3 is 5.97 Å². The molecule has 30 heavy (non-hydrogen) atoms. The summed E-state index contributed by atoms with van der Waals surface area (Å²) in [6.45, 7) is 6.42. The van der Waals surface area contributed by atoms with Crippen LogP contribution in [0.3, 0.4) is 0 Å². The Morgan fingerprint density at radius 2 is 1.83 bits per heavy atom. The van der Waals surface area contributed by atoms with Gasteiger partial charge in [0.25, 0.3) is 5.91 Å². The number of amides is 2. The summed E-state index contributed by atoms with van der Waals surface area (Å²) in [4.78, 5) is 38.2. The lowest BCUT2D eigenvalue weighted by Crippen LogP contribution is -2.40. The minimum atomic E-state index is -0.399. The van der Waals surface area contributed by atoms with Crippen molar-refractivity contribution in [3.05, 3.63) is 40.3 Å². The molecule has 6 nitrogen and oxygen atoms in total. The zero-order valence-corrected chi connectivity index (χ0v) is 19.5. The molecular weight excluding hydrogens is 420 g/mol. The van der Waals surface area contributed by atoms with E-state index in [1.807, 2.05) is 20.8 Å². The third kappa shape index (κ3) is 7.25. The fourth-order valence-electron chi connectivity index (χ4n) is 2.89. The monoisotopic (exact) mass is 448 g/mol. The number of nitrogens with zero attached hydrogens (tertiary/aromatic N) is 1. The maximum absolute atomic E-state index is 12.7. The second kappa shape index (κ2) is 10.7. The van der Waals surface area contributed by atoms with Crippen LogP contribution in [-0.4, -0.2) is 46.2 Å². The first-order valence-electron chi connectivity index (χ1n) is 9.85. The van der Waals surface area contributed by atoms with E-state index < -0.39 is 5.97 Å². The van der Waals surface area contributed by atoms with E-state index in [9.17, 15) is 14.4 Å². The Balaban J connectivity index is 1.84. The number of nitrogens with one attached hydrogen (secondary N) is 1. The van der Waals surface area contributed by atoms with Crippen molar-refractivity contribution in [1.29, 1.82) is 0 Å². The molecule has 2 rings (SSSR count). The van der Waals surface area contributed by atoms with E-state index in [0.29, 0.717) is 27.8 Å². The molecule has 1 aromatic carbocycles. The molecule has 1 aliphatic heterocycles. The van der Waals surface area contributed by atoms with Gasteiger partial charge in [-0.05, 0) is 57.4 Å². The lowest BCUT2D eigenvalue weighted by atomic mass is 10.1. The van der Waals surface area contributed by atoms with E-state index in [4.69, 9.17) is 12.2 Å². The molecule has 1 aromatic rings. The fraction of sp³-hybridized carbons (Fsp3) is 0.455. The van der Waals surface area contributed by atoms with Crippen molar-refractivity contribution >= 4 is 52.2 Å². The molecule has 0 bridgehead atoms. The summed E-state index contributed by atoms with van der Waals surface area (Å²) >= 11 is 6.64. The smallest absolute Gasteiger partial charge is 0.337 e. The van der Waals surface area contributed by atoms with Crippen LogP contribution in [0.2, 0.25) is 0 Å². The van der Waals surface area contributed by atoms with E-state index in [-0.39, 0.29) is 17.4 Å². The third-order valence-electron chi connectivity index (χ3n) is 4.30. The average Bonchev–Trinajstić information content (AvgIpc) is 2.93. The quantitative estimate of drug-likeness (QED) is 0.279. The standard InChI is InChI=1S/C22H28N2O4S2/c1-22(2,3)23-18(25)8-6-5-7-13-24-19(26)17(30-21(24)29)14-15-9-11-16(12-10-15)20(27)28-4/h9-12,14H,5-8,13H2,1-4H3,(H,23,25)/b17-14-. The second-order valence-electron chi connectivity index (χ2n) is 8.06. The number of hydrogen-bond acceptors (Lipinski definition) is 6. The Morgan fingerprint density at radius 1 is 1.17 bits per heavy atom. The molecule has 0 radical (unpaired) electrons. The normalized spacial score (nSPS) is 15.6. The van der Waals surface area contributed by atoms with Crippen molar-refractivity contribution in [3.8, 4) is 0 Å². The SMILES string of the molecule is COC(=O)c1ccc(/C=C2\SC(=S)N(CCCCCC(=O)NC(C)(C)C)C2=O)cc1. The van der Waals surface area contributed by atoms with Crippen molar-refractivity contribution in [2.24, 2.45) is 0 Å². The van der Waals surface area contributed by atoms with Gasteiger partial charge in [-0.25, -0.2) is 4.79 Å². The van der Waals surface area contributed by atoms with Crippen LogP contribution < -0.4 is 5.32 Å². The summed E-state index contributed by atoms with van der Waals surface area (Å²) in [5.41, 5.74) is 1.05. The maximum atomic E-state index is 12.7. The molecule has 0 spiro atoms. The predicted molar refractivity (Wildman–Crippen MR) is 124 cm³/mol. The molecule has 1 N–H and O–H groups in total. The van der Waals surface area contributed by atoms with Gasteiger partial charge < -0.3 is 10.1 Å². The number of esters is 1. The summed E-state index contributed by atoms with van der Waals surface area (Å²) in [6.07, 6.45) is 4.67. The number of ether oxygens (including phenoxy) is 1. The Morgan fingerprint density at radius 3 is 2.43 bits per heavy atom. The first-order chi connectivity index (χ1) is 14.1. The van der Waals surface area contributed by atoms with Crippen molar-refractivity contribution in [2.75, 3.05) is 13.7 Å². The van der Waals surface area contributed by atoms with Gasteiger partial charge in [0.15, 0.2) is 0 Å². The van der Waals surface area contributed by atoms with E-state index in [0.717, 1.165) is 24.8 Å². The molecule has 0 aliphatic carbocycles. The highest BCUT2D eigenvalue weighted by molar-refractivity contribution is 8.26. The molecule has 2 amide bonds. The molecule has 1 heterocycles. The van der Waals surface area contributed by atoms with Gasteiger partial charge in [-0.15, -0.1) is 0 Å². The van der Waals surface area contributed by atoms with Gasteiger partial charge in [-0.2, -0.15) is 0 Å². The van der Waals surface area contributed by atoms with Crippen LogP contribution in [0.1, 0.15) is 62.4 Å². The molecule has 0 atom stereocenters. The fourth-order valence-corrected chi connectivity index (χ4v) is 4.20. The molecule has 0 saturated carbocycles. The van der Waals surface area contributed by atoms with Crippen LogP contribution in [0.4, 0.5) is 0 Å². The summed E-state index contributed by atoms with van der Waals surface area (Å²) in [7, 11) is 1.34. The second-order valence-corrected chi connectivity index (χ2v) is 9.73. The summed E-state index contributed by atoms with van der Waals surface area (Å²) in [6, 6.07) is 6.85. The van der Waals surface area contributed by atoms with Crippen LogP contribution >= 0.6 is 24.0 Å². The first kappa shape index (κ1) is 24.1. The Kier molecular flexibility index (Phi) is 8.61. The molecular formula is C22H28N2O4S2. The number of carbonyl (C=O) groups excluding carboxylic acids is 3. The van der Waals surface area contributed by atoms with Gasteiger partial charge in [0.05, 0.1) is 17.6 Å². The predicted octanol–water partition coefficient (Wildman–Crippen LogP) is 4.15. The summed E-state index contributed by atoms with van der Waals surface area (Å²) in [5.74, 6) is -0.453. The highest BCUT2D eigenvalue weighted by Gasteiger charge is 2.31. The molecule has 0 unspecified atom stereocenters. The first-order valence-corrected chi connectivity index (χ1v) is 11.1. The minimum Gasteiger partial charge on any atom is -0.465 e. The van der Waals surface area contributed by atoms with Crippen molar-refractivity contribution in [2.45, 2.75) is 52.0 Å². The van der Waals surface area contributed by atoms with E-state index in [1.165, 1.54) is 18.9 Å². The number of thiocarbonyl (C=S) groups is 1.